The zero-order chi connectivity index (χ0) is 14.7. The number of carboxylic acids is 1. The van der Waals surface area contributed by atoms with E-state index in [-0.39, 0.29) is 17.2 Å². The molecule has 2 rings (SSSR count). The Morgan fingerprint density at radius 2 is 1.75 bits per heavy atom. The van der Waals surface area contributed by atoms with E-state index in [1.54, 1.807) is 0 Å². The van der Waals surface area contributed by atoms with Crippen molar-refractivity contribution in [1.82, 2.24) is 4.98 Å². The van der Waals surface area contributed by atoms with Gasteiger partial charge in [-0.2, -0.15) is 0 Å². The van der Waals surface area contributed by atoms with E-state index in [2.05, 4.69) is 10.3 Å². The lowest BCUT2D eigenvalue weighted by atomic mass is 10.1. The number of benzene rings is 1. The number of amides is 1. The summed E-state index contributed by atoms with van der Waals surface area (Å²) in [6.45, 7) is 3.81. The highest BCUT2D eigenvalue weighted by Crippen LogP contribution is 2.20. The summed E-state index contributed by atoms with van der Waals surface area (Å²) in [5, 5.41) is 11.6. The Kier molecular flexibility index (Phi) is 3.79. The zero-order valence-electron chi connectivity index (χ0n) is 11.2. The summed E-state index contributed by atoms with van der Waals surface area (Å²) in [5.74, 6) is -1.43. The van der Waals surface area contributed by atoms with Crippen LogP contribution in [0.5, 0.6) is 0 Å². The number of carboxylic acid groups (broad SMARTS) is 1. The van der Waals surface area contributed by atoms with Crippen molar-refractivity contribution in [3.8, 4) is 0 Å². The molecule has 5 heteroatoms. The molecule has 1 aromatic heterocycles. The van der Waals surface area contributed by atoms with E-state index >= 15 is 0 Å². The third-order valence-electron chi connectivity index (χ3n) is 2.96. The molecule has 0 spiro atoms. The molecule has 0 saturated heterocycles. The second kappa shape index (κ2) is 5.52. The summed E-state index contributed by atoms with van der Waals surface area (Å²) >= 11 is 0. The van der Waals surface area contributed by atoms with Gasteiger partial charge in [0, 0.05) is 11.9 Å². The SMILES string of the molecule is Cc1cccc(C)c1NC(=O)c1ccc(C(=O)O)cn1. The number of pyridine rings is 1. The van der Waals surface area contributed by atoms with E-state index in [0.29, 0.717) is 0 Å². The number of nitrogens with zero attached hydrogens (tertiary/aromatic N) is 1. The van der Waals surface area contributed by atoms with Crippen molar-refractivity contribution in [1.29, 1.82) is 0 Å². The third kappa shape index (κ3) is 2.83. The first-order valence-corrected chi connectivity index (χ1v) is 6.06. The first-order valence-electron chi connectivity index (χ1n) is 6.06. The molecule has 102 valence electrons. The summed E-state index contributed by atoms with van der Waals surface area (Å²) in [4.78, 5) is 26.7. The second-order valence-corrected chi connectivity index (χ2v) is 4.46. The highest BCUT2D eigenvalue weighted by molar-refractivity contribution is 6.04. The van der Waals surface area contributed by atoms with Crippen LogP contribution in [-0.2, 0) is 0 Å². The number of nitrogens with one attached hydrogen (secondary N) is 1. The lowest BCUT2D eigenvalue weighted by molar-refractivity contribution is 0.0696. The molecule has 0 atom stereocenters. The van der Waals surface area contributed by atoms with Crippen molar-refractivity contribution < 1.29 is 14.7 Å². The normalized spacial score (nSPS) is 10.1. The van der Waals surface area contributed by atoms with E-state index in [9.17, 15) is 9.59 Å². The molecule has 0 unspecified atom stereocenters. The van der Waals surface area contributed by atoms with E-state index in [1.165, 1.54) is 18.3 Å². The fraction of sp³-hybridized carbons (Fsp3) is 0.133. The van der Waals surface area contributed by atoms with Gasteiger partial charge in [-0.3, -0.25) is 9.78 Å². The molecular formula is C15H14N2O3. The lowest BCUT2D eigenvalue weighted by Crippen LogP contribution is -2.15. The van der Waals surface area contributed by atoms with Gasteiger partial charge < -0.3 is 10.4 Å². The van der Waals surface area contributed by atoms with Crippen LogP contribution in [0.25, 0.3) is 0 Å². The first kappa shape index (κ1) is 13.7. The van der Waals surface area contributed by atoms with Gasteiger partial charge in [0.2, 0.25) is 0 Å². The number of hydrogen-bond acceptors (Lipinski definition) is 3. The molecule has 2 N–H and O–H groups in total. The number of rotatable bonds is 3. The smallest absolute Gasteiger partial charge is 0.337 e. The Bertz CT molecular complexity index is 643. The molecule has 1 aromatic carbocycles. The highest BCUT2D eigenvalue weighted by atomic mass is 16.4. The maximum atomic E-state index is 12.1. The van der Waals surface area contributed by atoms with Crippen molar-refractivity contribution in [2.75, 3.05) is 5.32 Å². The van der Waals surface area contributed by atoms with Gasteiger partial charge in [-0.25, -0.2) is 4.79 Å². The van der Waals surface area contributed by atoms with Crippen LogP contribution < -0.4 is 5.32 Å². The standard InChI is InChI=1S/C15H14N2O3/c1-9-4-3-5-10(2)13(9)17-14(18)12-7-6-11(8-16-12)15(19)20/h3-8H,1-2H3,(H,17,18)(H,19,20). The van der Waals surface area contributed by atoms with Crippen molar-refractivity contribution >= 4 is 17.6 Å². The summed E-state index contributed by atoms with van der Waals surface area (Å²) in [6.07, 6.45) is 1.17. The molecule has 0 radical (unpaired) electrons. The topological polar surface area (TPSA) is 79.3 Å². The number of carbonyl (C=O) groups excluding carboxylic acids is 1. The van der Waals surface area contributed by atoms with Gasteiger partial charge in [-0.1, -0.05) is 18.2 Å². The van der Waals surface area contributed by atoms with Crippen LogP contribution in [0, 0.1) is 13.8 Å². The number of para-hydroxylation sites is 1. The van der Waals surface area contributed by atoms with Crippen LogP contribution in [0.3, 0.4) is 0 Å². The molecule has 0 aliphatic rings. The van der Waals surface area contributed by atoms with Crippen molar-refractivity contribution in [3.05, 3.63) is 58.9 Å². The molecule has 0 bridgehead atoms. The average Bonchev–Trinajstić information content (AvgIpc) is 2.43. The molecule has 0 aliphatic heterocycles. The van der Waals surface area contributed by atoms with Crippen LogP contribution in [-0.4, -0.2) is 22.0 Å². The fourth-order valence-corrected chi connectivity index (χ4v) is 1.84. The number of hydrogen-bond donors (Lipinski definition) is 2. The molecule has 0 saturated carbocycles. The van der Waals surface area contributed by atoms with Crippen LogP contribution in [0.4, 0.5) is 5.69 Å². The average molecular weight is 270 g/mol. The number of carbonyl (C=O) groups is 2. The number of aromatic nitrogens is 1. The highest BCUT2D eigenvalue weighted by Gasteiger charge is 2.12. The molecule has 1 heterocycles. The molecule has 5 nitrogen and oxygen atoms in total. The predicted molar refractivity (Wildman–Crippen MR) is 75.1 cm³/mol. The Balaban J connectivity index is 2.22. The van der Waals surface area contributed by atoms with E-state index in [4.69, 9.17) is 5.11 Å². The van der Waals surface area contributed by atoms with Crippen LogP contribution >= 0.6 is 0 Å². The minimum Gasteiger partial charge on any atom is -0.478 e. The summed E-state index contributed by atoms with van der Waals surface area (Å²) < 4.78 is 0. The third-order valence-corrected chi connectivity index (χ3v) is 2.96. The van der Waals surface area contributed by atoms with Gasteiger partial charge in [-0.05, 0) is 37.1 Å². The van der Waals surface area contributed by atoms with Crippen molar-refractivity contribution in [2.45, 2.75) is 13.8 Å². The molecule has 20 heavy (non-hydrogen) atoms. The summed E-state index contributed by atoms with van der Waals surface area (Å²) in [6, 6.07) is 8.48. The summed E-state index contributed by atoms with van der Waals surface area (Å²) in [7, 11) is 0. The first-order chi connectivity index (χ1) is 9.49. The monoisotopic (exact) mass is 270 g/mol. The van der Waals surface area contributed by atoms with Gasteiger partial charge in [0.15, 0.2) is 0 Å². The number of aromatic carboxylic acids is 1. The van der Waals surface area contributed by atoms with Crippen molar-refractivity contribution in [2.24, 2.45) is 0 Å². The minimum atomic E-state index is -1.07. The molecule has 0 aliphatic carbocycles. The Labute approximate surface area is 116 Å². The molecule has 2 aromatic rings. The quantitative estimate of drug-likeness (QED) is 0.898. The van der Waals surface area contributed by atoms with Crippen LogP contribution in [0.15, 0.2) is 36.5 Å². The van der Waals surface area contributed by atoms with Crippen LogP contribution in [0.2, 0.25) is 0 Å². The maximum Gasteiger partial charge on any atom is 0.337 e. The van der Waals surface area contributed by atoms with E-state index < -0.39 is 5.97 Å². The Morgan fingerprint density at radius 3 is 2.25 bits per heavy atom. The van der Waals surface area contributed by atoms with Gasteiger partial charge in [0.25, 0.3) is 5.91 Å². The molecule has 1 amide bonds. The maximum absolute atomic E-state index is 12.1. The minimum absolute atomic E-state index is 0.0497. The van der Waals surface area contributed by atoms with Gasteiger partial charge >= 0.3 is 5.97 Å². The van der Waals surface area contributed by atoms with Crippen LogP contribution in [0.1, 0.15) is 32.0 Å². The molecular weight excluding hydrogens is 256 g/mol. The van der Waals surface area contributed by atoms with E-state index in [1.807, 2.05) is 32.0 Å². The van der Waals surface area contributed by atoms with E-state index in [0.717, 1.165) is 16.8 Å². The predicted octanol–water partition coefficient (Wildman–Crippen LogP) is 2.65. The van der Waals surface area contributed by atoms with Gasteiger partial charge in [0.1, 0.15) is 5.69 Å². The van der Waals surface area contributed by atoms with Gasteiger partial charge in [-0.15, -0.1) is 0 Å². The zero-order valence-corrected chi connectivity index (χ0v) is 11.2. The second-order valence-electron chi connectivity index (χ2n) is 4.46. The number of anilines is 1. The Morgan fingerprint density at radius 1 is 1.10 bits per heavy atom. The largest absolute Gasteiger partial charge is 0.478 e. The lowest BCUT2D eigenvalue weighted by Gasteiger charge is -2.11. The van der Waals surface area contributed by atoms with Crippen molar-refractivity contribution in [3.63, 3.8) is 0 Å². The van der Waals surface area contributed by atoms with Gasteiger partial charge in [0.05, 0.1) is 5.56 Å². The molecule has 0 fully saturated rings. The fourth-order valence-electron chi connectivity index (χ4n) is 1.84. The summed E-state index contributed by atoms with van der Waals surface area (Å²) in [5.41, 5.74) is 2.90. The number of aryl methyl sites for hydroxylation is 2. The Hall–Kier alpha value is -2.69.